The predicted molar refractivity (Wildman–Crippen MR) is 28.3 cm³/mol. The normalized spacial score (nSPS) is 7.00. The SMILES string of the molecule is CN[13CH2][13CH2]O.Cl. The van der Waals surface area contributed by atoms with Gasteiger partial charge in [-0.1, -0.05) is 0 Å². The molecule has 0 aliphatic carbocycles. The van der Waals surface area contributed by atoms with Gasteiger partial charge in [0.25, 0.3) is 0 Å². The lowest BCUT2D eigenvalue weighted by atomic mass is 11.4. The molecule has 0 radical (unpaired) electrons. The van der Waals surface area contributed by atoms with Gasteiger partial charge < -0.3 is 10.4 Å². The Hall–Kier alpha value is 0.210. The van der Waals surface area contributed by atoms with Crippen molar-refractivity contribution < 1.29 is 5.11 Å². The van der Waals surface area contributed by atoms with E-state index in [1.54, 1.807) is 7.05 Å². The van der Waals surface area contributed by atoms with Crippen molar-refractivity contribution in [3.8, 4) is 0 Å². The molecule has 0 amide bonds. The third kappa shape index (κ3) is 8.88. The van der Waals surface area contributed by atoms with Crippen LogP contribution >= 0.6 is 12.4 Å². The molecule has 0 aliphatic rings. The molecule has 0 atom stereocenters. The highest BCUT2D eigenvalue weighted by Gasteiger charge is 1.65. The number of halogens is 1. The fraction of sp³-hybridized carbons (Fsp3) is 1.00. The maximum absolute atomic E-state index is 8.00. The van der Waals surface area contributed by atoms with Crippen LogP contribution in [0.4, 0.5) is 0 Å². The second-order valence-electron chi connectivity index (χ2n) is 0.827. The maximum atomic E-state index is 8.00. The van der Waals surface area contributed by atoms with E-state index in [0.717, 1.165) is 0 Å². The molecule has 0 aromatic carbocycles. The number of hydrogen-bond donors (Lipinski definition) is 2. The van der Waals surface area contributed by atoms with Crippen LogP contribution in [-0.2, 0) is 0 Å². The summed E-state index contributed by atoms with van der Waals surface area (Å²) in [4.78, 5) is 0. The molecule has 3 heteroatoms. The number of aliphatic hydroxyl groups excluding tert-OH is 1. The average Bonchev–Trinajstić information content (AvgIpc) is 1.41. The molecule has 0 spiro atoms. The Morgan fingerprint density at radius 2 is 2.17 bits per heavy atom. The minimum Gasteiger partial charge on any atom is -0.395 e. The first-order valence-corrected chi connectivity index (χ1v) is 1.67. The Morgan fingerprint density at radius 1 is 1.67 bits per heavy atom. The Morgan fingerprint density at radius 3 is 2.17 bits per heavy atom. The predicted octanol–water partition coefficient (Wildman–Crippen LogP) is -0.380. The average molecular weight is 114 g/mol. The van der Waals surface area contributed by atoms with E-state index >= 15 is 0 Å². The Labute approximate surface area is 44.0 Å². The summed E-state index contributed by atoms with van der Waals surface area (Å²) in [6, 6.07) is 0. The van der Waals surface area contributed by atoms with Crippen molar-refractivity contribution in [3.63, 3.8) is 0 Å². The first kappa shape index (κ1) is 9.51. The molecule has 0 aromatic rings. The first-order chi connectivity index (χ1) is 2.41. The van der Waals surface area contributed by atoms with E-state index in [0.29, 0.717) is 6.54 Å². The van der Waals surface area contributed by atoms with Crippen LogP contribution in [0.3, 0.4) is 0 Å². The molecule has 0 fully saturated rings. The van der Waals surface area contributed by atoms with Crippen molar-refractivity contribution in [2.75, 3.05) is 20.2 Å². The summed E-state index contributed by atoms with van der Waals surface area (Å²) in [5.74, 6) is 0. The molecular weight excluding hydrogens is 103 g/mol. The third-order valence-electron chi connectivity index (χ3n) is 0.362. The van der Waals surface area contributed by atoms with Crippen molar-refractivity contribution in [3.05, 3.63) is 0 Å². The van der Waals surface area contributed by atoms with Crippen molar-refractivity contribution in [2.24, 2.45) is 0 Å². The van der Waals surface area contributed by atoms with Crippen LogP contribution < -0.4 is 5.32 Å². The van der Waals surface area contributed by atoms with Crippen LogP contribution in [0, 0.1) is 0 Å². The van der Waals surface area contributed by atoms with Crippen LogP contribution in [0.2, 0.25) is 0 Å². The molecule has 2 nitrogen and oxygen atoms in total. The van der Waals surface area contributed by atoms with Gasteiger partial charge in [-0.2, -0.15) is 0 Å². The summed E-state index contributed by atoms with van der Waals surface area (Å²) in [5, 5.41) is 10.8. The van der Waals surface area contributed by atoms with Crippen molar-refractivity contribution in [2.45, 2.75) is 0 Å². The molecule has 0 unspecified atom stereocenters. The lowest BCUT2D eigenvalue weighted by Crippen LogP contribution is -2.10. The lowest BCUT2D eigenvalue weighted by Gasteiger charge is -1.84. The second-order valence-corrected chi connectivity index (χ2v) is 0.827. The minimum atomic E-state index is 0. The largest absolute Gasteiger partial charge is 0.395 e. The smallest absolute Gasteiger partial charge is 0.0555 e. The Balaban J connectivity index is 0. The highest BCUT2D eigenvalue weighted by molar-refractivity contribution is 5.85. The monoisotopic (exact) mass is 113 g/mol. The van der Waals surface area contributed by atoms with E-state index in [4.69, 9.17) is 5.11 Å². The van der Waals surface area contributed by atoms with Crippen LogP contribution in [0.25, 0.3) is 0 Å². The van der Waals surface area contributed by atoms with Gasteiger partial charge in [0.1, 0.15) is 0 Å². The van der Waals surface area contributed by atoms with Gasteiger partial charge >= 0.3 is 0 Å². The number of rotatable bonds is 2. The van der Waals surface area contributed by atoms with Gasteiger partial charge in [-0.05, 0) is 7.05 Å². The van der Waals surface area contributed by atoms with Gasteiger partial charge in [0.2, 0.25) is 0 Å². The number of hydrogen-bond acceptors (Lipinski definition) is 2. The second kappa shape index (κ2) is 8.96. The van der Waals surface area contributed by atoms with E-state index in [-0.39, 0.29) is 19.0 Å². The molecular formula is C3H10ClNO. The van der Waals surface area contributed by atoms with Crippen molar-refractivity contribution in [1.29, 1.82) is 0 Å². The van der Waals surface area contributed by atoms with Crippen molar-refractivity contribution >= 4 is 12.4 Å². The van der Waals surface area contributed by atoms with Gasteiger partial charge in [-0.3, -0.25) is 0 Å². The molecule has 0 saturated carbocycles. The molecule has 0 saturated heterocycles. The summed E-state index contributed by atoms with van der Waals surface area (Å²) < 4.78 is 0. The van der Waals surface area contributed by atoms with Gasteiger partial charge in [0, 0.05) is 6.54 Å². The first-order valence-electron chi connectivity index (χ1n) is 1.67. The number of nitrogens with one attached hydrogen (secondary N) is 1. The molecule has 40 valence electrons. The molecule has 6 heavy (non-hydrogen) atoms. The van der Waals surface area contributed by atoms with Crippen LogP contribution in [0.15, 0.2) is 0 Å². The molecule has 0 aromatic heterocycles. The Bertz CT molecular complexity index is 18.3. The Kier molecular flexibility index (Phi) is 14.2. The third-order valence-corrected chi connectivity index (χ3v) is 0.362. The number of aliphatic hydroxyl groups is 1. The highest BCUT2D eigenvalue weighted by Crippen LogP contribution is 1.42. The zero-order valence-electron chi connectivity index (χ0n) is 3.77. The quantitative estimate of drug-likeness (QED) is 0.479. The van der Waals surface area contributed by atoms with Crippen LogP contribution in [0.1, 0.15) is 0 Å². The lowest BCUT2D eigenvalue weighted by molar-refractivity contribution is 0.296. The maximum Gasteiger partial charge on any atom is 0.0555 e. The fourth-order valence-electron chi connectivity index (χ4n) is 0.112. The molecule has 0 bridgehead atoms. The van der Waals surface area contributed by atoms with Crippen LogP contribution in [0.5, 0.6) is 0 Å². The van der Waals surface area contributed by atoms with E-state index < -0.39 is 0 Å². The highest BCUT2D eigenvalue weighted by atomic mass is 35.5. The molecule has 0 heterocycles. The number of likely N-dealkylation sites (N-methyl/N-ethyl adjacent to an activating group) is 1. The summed E-state index contributed by atoms with van der Waals surface area (Å²) >= 11 is 0. The van der Waals surface area contributed by atoms with E-state index in [1.165, 1.54) is 0 Å². The fourth-order valence-corrected chi connectivity index (χ4v) is 0.112. The zero-order chi connectivity index (χ0) is 4.12. The van der Waals surface area contributed by atoms with E-state index in [9.17, 15) is 0 Å². The van der Waals surface area contributed by atoms with E-state index in [2.05, 4.69) is 5.32 Å². The molecule has 0 aliphatic heterocycles. The molecule has 2 N–H and O–H groups in total. The topological polar surface area (TPSA) is 32.3 Å². The summed E-state index contributed by atoms with van der Waals surface area (Å²) in [7, 11) is 1.80. The summed E-state index contributed by atoms with van der Waals surface area (Å²) in [6.07, 6.45) is 0. The minimum absolute atomic E-state index is 0. The van der Waals surface area contributed by atoms with Gasteiger partial charge in [-0.25, -0.2) is 0 Å². The summed E-state index contributed by atoms with van der Waals surface area (Å²) in [5.41, 5.74) is 0. The van der Waals surface area contributed by atoms with Gasteiger partial charge in [0.15, 0.2) is 0 Å². The summed E-state index contributed by atoms with van der Waals surface area (Å²) in [6.45, 7) is 0.927. The van der Waals surface area contributed by atoms with E-state index in [1.807, 2.05) is 0 Å². The zero-order valence-corrected chi connectivity index (χ0v) is 4.59. The van der Waals surface area contributed by atoms with Gasteiger partial charge in [0.05, 0.1) is 6.61 Å². The van der Waals surface area contributed by atoms with Gasteiger partial charge in [-0.15, -0.1) is 12.4 Å². The molecule has 0 rings (SSSR count). The van der Waals surface area contributed by atoms with Crippen molar-refractivity contribution in [1.82, 2.24) is 5.32 Å². The standard InChI is InChI=1S/C3H9NO.ClH/c1-4-2-3-5;/h4-5H,2-3H2,1H3;1H/i2+1,3+1;. The van der Waals surface area contributed by atoms with Crippen LogP contribution in [-0.4, -0.2) is 25.3 Å².